The first-order valence-corrected chi connectivity index (χ1v) is 6.02. The highest BCUT2D eigenvalue weighted by atomic mass is 35.5. The van der Waals surface area contributed by atoms with Gasteiger partial charge in [0.25, 0.3) is 5.56 Å². The van der Waals surface area contributed by atoms with Gasteiger partial charge in [-0.3, -0.25) is 4.79 Å². The Kier molecular flexibility index (Phi) is 4.02. The van der Waals surface area contributed by atoms with Crippen LogP contribution in [-0.4, -0.2) is 17.6 Å². The van der Waals surface area contributed by atoms with E-state index in [4.69, 9.17) is 11.6 Å². The minimum atomic E-state index is -0.686. The van der Waals surface area contributed by atoms with Crippen LogP contribution in [0.1, 0.15) is 15.9 Å². The molecule has 2 rings (SSSR count). The predicted octanol–water partition coefficient (Wildman–Crippen LogP) is 2.34. The Labute approximate surface area is 115 Å². The first-order chi connectivity index (χ1) is 9.11. The van der Waals surface area contributed by atoms with E-state index in [0.29, 0.717) is 11.6 Å². The van der Waals surface area contributed by atoms with Gasteiger partial charge in [-0.1, -0.05) is 41.9 Å². The number of carbonyl (C=O) groups excluding carboxylic acids is 1. The van der Waals surface area contributed by atoms with Crippen LogP contribution in [0.2, 0.25) is 5.02 Å². The molecule has 0 aliphatic rings. The molecule has 0 fully saturated rings. The van der Waals surface area contributed by atoms with Gasteiger partial charge in [-0.15, -0.1) is 0 Å². The van der Waals surface area contributed by atoms with E-state index < -0.39 is 11.5 Å². The fourth-order valence-electron chi connectivity index (χ4n) is 1.75. The summed E-state index contributed by atoms with van der Waals surface area (Å²) in [6, 6.07) is 10.8. The molecule has 0 bridgehead atoms. The number of aromatic nitrogens is 1. The third-order valence-electron chi connectivity index (χ3n) is 2.65. The van der Waals surface area contributed by atoms with Crippen LogP contribution < -0.4 is 5.56 Å². The van der Waals surface area contributed by atoms with Crippen molar-refractivity contribution in [1.82, 2.24) is 4.57 Å². The number of pyridine rings is 1. The van der Waals surface area contributed by atoms with Gasteiger partial charge < -0.3 is 9.30 Å². The van der Waals surface area contributed by atoms with Gasteiger partial charge in [-0.2, -0.15) is 0 Å². The number of benzene rings is 1. The van der Waals surface area contributed by atoms with Crippen molar-refractivity contribution in [3.8, 4) is 0 Å². The second kappa shape index (κ2) is 5.71. The lowest BCUT2D eigenvalue weighted by atomic mass is 10.2. The van der Waals surface area contributed by atoms with Crippen LogP contribution in [0.4, 0.5) is 0 Å². The number of rotatable bonds is 3. The molecule has 1 aromatic carbocycles. The highest BCUT2D eigenvalue weighted by Gasteiger charge is 2.14. The molecule has 19 heavy (non-hydrogen) atoms. The molecule has 0 radical (unpaired) electrons. The molecule has 0 N–H and O–H groups in total. The van der Waals surface area contributed by atoms with Gasteiger partial charge in [0.1, 0.15) is 5.56 Å². The third kappa shape index (κ3) is 3.03. The first-order valence-electron chi connectivity index (χ1n) is 5.64. The van der Waals surface area contributed by atoms with Gasteiger partial charge in [0, 0.05) is 6.20 Å². The Hall–Kier alpha value is -2.07. The topological polar surface area (TPSA) is 48.3 Å². The quantitative estimate of drug-likeness (QED) is 0.809. The Balaban J connectivity index is 2.44. The normalized spacial score (nSPS) is 10.2. The molecule has 0 spiro atoms. The summed E-state index contributed by atoms with van der Waals surface area (Å²) < 4.78 is 5.96. The summed E-state index contributed by atoms with van der Waals surface area (Å²) in [5, 5.41) is 0.316. The van der Waals surface area contributed by atoms with Crippen molar-refractivity contribution in [3.05, 3.63) is 69.1 Å². The molecule has 0 saturated heterocycles. The molecule has 0 aliphatic heterocycles. The number of carbonyl (C=O) groups is 1. The summed E-state index contributed by atoms with van der Waals surface area (Å²) in [4.78, 5) is 23.6. The molecule has 0 unspecified atom stereocenters. The zero-order valence-electron chi connectivity index (χ0n) is 10.3. The standard InChI is InChI=1S/C14H12ClNO3/c1-19-14(18)12-7-11(15)9-16(13(12)17)8-10-5-3-2-4-6-10/h2-7,9H,8H2,1H3. The van der Waals surface area contributed by atoms with E-state index in [9.17, 15) is 9.59 Å². The maximum Gasteiger partial charge on any atom is 0.343 e. The summed E-state index contributed by atoms with van der Waals surface area (Å²) in [5.74, 6) is -0.686. The number of hydrogen-bond donors (Lipinski definition) is 0. The summed E-state index contributed by atoms with van der Waals surface area (Å²) in [7, 11) is 1.23. The van der Waals surface area contributed by atoms with Crippen molar-refractivity contribution in [2.75, 3.05) is 7.11 Å². The van der Waals surface area contributed by atoms with Crippen molar-refractivity contribution < 1.29 is 9.53 Å². The second-order valence-corrected chi connectivity index (χ2v) is 4.42. The predicted molar refractivity (Wildman–Crippen MR) is 72.6 cm³/mol. The van der Waals surface area contributed by atoms with E-state index in [1.54, 1.807) is 0 Å². The van der Waals surface area contributed by atoms with Gasteiger partial charge in [-0.05, 0) is 11.6 Å². The van der Waals surface area contributed by atoms with E-state index in [0.717, 1.165) is 5.56 Å². The van der Waals surface area contributed by atoms with Crippen molar-refractivity contribution in [3.63, 3.8) is 0 Å². The highest BCUT2D eigenvalue weighted by molar-refractivity contribution is 6.30. The lowest BCUT2D eigenvalue weighted by Gasteiger charge is -2.08. The number of methoxy groups -OCH3 is 1. The van der Waals surface area contributed by atoms with Crippen LogP contribution in [-0.2, 0) is 11.3 Å². The molecule has 4 nitrogen and oxygen atoms in total. The summed E-state index contributed by atoms with van der Waals surface area (Å²) in [5.41, 5.74) is 0.466. The summed E-state index contributed by atoms with van der Waals surface area (Å²) in [6.07, 6.45) is 1.50. The first kappa shape index (κ1) is 13.4. The van der Waals surface area contributed by atoms with Gasteiger partial charge >= 0.3 is 5.97 Å². The van der Waals surface area contributed by atoms with Crippen LogP contribution in [0, 0.1) is 0 Å². The number of halogens is 1. The summed E-state index contributed by atoms with van der Waals surface area (Å²) >= 11 is 5.92. The van der Waals surface area contributed by atoms with Crippen LogP contribution in [0.3, 0.4) is 0 Å². The average molecular weight is 278 g/mol. The Bertz CT molecular complexity index is 649. The molecule has 2 aromatic rings. The van der Waals surface area contributed by atoms with Gasteiger partial charge in [0.05, 0.1) is 18.7 Å². The van der Waals surface area contributed by atoms with E-state index in [2.05, 4.69) is 4.74 Å². The van der Waals surface area contributed by atoms with E-state index in [1.165, 1.54) is 23.9 Å². The molecular weight excluding hydrogens is 266 g/mol. The monoisotopic (exact) mass is 277 g/mol. The van der Waals surface area contributed by atoms with Crippen molar-refractivity contribution >= 4 is 17.6 Å². The summed E-state index contributed by atoms with van der Waals surface area (Å²) in [6.45, 7) is 0.351. The number of nitrogens with zero attached hydrogens (tertiary/aromatic N) is 1. The largest absolute Gasteiger partial charge is 0.465 e. The van der Waals surface area contributed by atoms with Crippen molar-refractivity contribution in [2.24, 2.45) is 0 Å². The number of esters is 1. The molecule has 5 heteroatoms. The zero-order chi connectivity index (χ0) is 13.8. The molecule has 0 atom stereocenters. The molecule has 98 valence electrons. The van der Waals surface area contributed by atoms with Crippen molar-refractivity contribution in [1.29, 1.82) is 0 Å². The molecule has 1 aromatic heterocycles. The molecule has 0 aliphatic carbocycles. The lowest BCUT2D eigenvalue weighted by Crippen LogP contribution is -2.27. The Morgan fingerprint density at radius 1 is 1.32 bits per heavy atom. The van der Waals surface area contributed by atoms with E-state index >= 15 is 0 Å². The molecule has 1 heterocycles. The fraction of sp³-hybridized carbons (Fsp3) is 0.143. The van der Waals surface area contributed by atoms with Gasteiger partial charge in [0.2, 0.25) is 0 Å². The Morgan fingerprint density at radius 2 is 2.00 bits per heavy atom. The van der Waals surface area contributed by atoms with E-state index in [1.807, 2.05) is 30.3 Å². The fourth-order valence-corrected chi connectivity index (χ4v) is 1.98. The zero-order valence-corrected chi connectivity index (χ0v) is 11.1. The minimum absolute atomic E-state index is 0.0640. The second-order valence-electron chi connectivity index (χ2n) is 3.98. The van der Waals surface area contributed by atoms with Crippen LogP contribution >= 0.6 is 11.6 Å². The highest BCUT2D eigenvalue weighted by Crippen LogP contribution is 2.10. The third-order valence-corrected chi connectivity index (χ3v) is 2.86. The van der Waals surface area contributed by atoms with E-state index in [-0.39, 0.29) is 5.56 Å². The maximum atomic E-state index is 12.1. The molecule has 0 saturated carbocycles. The number of ether oxygens (including phenoxy) is 1. The van der Waals surface area contributed by atoms with Gasteiger partial charge in [0.15, 0.2) is 0 Å². The average Bonchev–Trinajstić information content (AvgIpc) is 2.42. The van der Waals surface area contributed by atoms with Crippen LogP contribution in [0.5, 0.6) is 0 Å². The minimum Gasteiger partial charge on any atom is -0.465 e. The Morgan fingerprint density at radius 3 is 2.63 bits per heavy atom. The molecule has 0 amide bonds. The number of hydrogen-bond acceptors (Lipinski definition) is 3. The molecular formula is C14H12ClNO3. The van der Waals surface area contributed by atoms with Crippen LogP contribution in [0.25, 0.3) is 0 Å². The van der Waals surface area contributed by atoms with Crippen molar-refractivity contribution in [2.45, 2.75) is 6.54 Å². The maximum absolute atomic E-state index is 12.1. The van der Waals surface area contributed by atoms with Gasteiger partial charge in [-0.25, -0.2) is 4.79 Å². The lowest BCUT2D eigenvalue weighted by molar-refractivity contribution is 0.0598. The van der Waals surface area contributed by atoms with Crippen LogP contribution in [0.15, 0.2) is 47.4 Å². The smallest absolute Gasteiger partial charge is 0.343 e. The SMILES string of the molecule is COC(=O)c1cc(Cl)cn(Cc2ccccc2)c1=O.